The number of amides is 1. The minimum Gasteiger partial charge on any atom is -0.339 e. The Balaban J connectivity index is 0.00000182. The number of hydrogen-bond acceptors (Lipinski definition) is 4. The van der Waals surface area contributed by atoms with Crippen LogP contribution in [0.3, 0.4) is 0 Å². The lowest BCUT2D eigenvalue weighted by atomic mass is 9.93. The summed E-state index contributed by atoms with van der Waals surface area (Å²) in [6, 6.07) is 8.30. The van der Waals surface area contributed by atoms with Gasteiger partial charge in [-0.3, -0.25) is 9.69 Å². The molecule has 4 nitrogen and oxygen atoms in total. The van der Waals surface area contributed by atoms with Crippen LogP contribution in [0.5, 0.6) is 0 Å². The maximum absolute atomic E-state index is 12.7. The summed E-state index contributed by atoms with van der Waals surface area (Å²) in [5.74, 6) is 3.44. The standard InChI is InChI=1S/C20H31N3OS.2ClH/c1-21-9-6-17-7-10-23(11-8-17)20(24)19-4-2-18(3-5-19)16-22-12-14-25-15-13-22;;/h2-5,17,21H,6-16H2,1H3;2*1H. The third kappa shape index (κ3) is 7.47. The van der Waals surface area contributed by atoms with Gasteiger partial charge in [-0.15, -0.1) is 24.8 Å². The van der Waals surface area contributed by atoms with Crippen molar-refractivity contribution in [3.8, 4) is 0 Å². The Kier molecular flexibility index (Phi) is 11.7. The Morgan fingerprint density at radius 1 is 1.07 bits per heavy atom. The van der Waals surface area contributed by atoms with Gasteiger partial charge < -0.3 is 10.2 Å². The van der Waals surface area contributed by atoms with Crippen molar-refractivity contribution in [3.63, 3.8) is 0 Å². The fourth-order valence-corrected chi connectivity index (χ4v) is 4.70. The van der Waals surface area contributed by atoms with Crippen molar-refractivity contribution in [1.29, 1.82) is 0 Å². The van der Waals surface area contributed by atoms with Gasteiger partial charge in [-0.05, 0) is 56.5 Å². The molecular formula is C20H33Cl2N3OS. The molecule has 3 rings (SSSR count). The van der Waals surface area contributed by atoms with E-state index in [1.807, 2.05) is 35.8 Å². The van der Waals surface area contributed by atoms with Crippen LogP contribution in [0.4, 0.5) is 0 Å². The van der Waals surface area contributed by atoms with Crippen LogP contribution >= 0.6 is 36.6 Å². The second-order valence-electron chi connectivity index (χ2n) is 7.21. The number of likely N-dealkylation sites (tertiary alicyclic amines) is 1. The molecule has 1 aromatic rings. The van der Waals surface area contributed by atoms with Gasteiger partial charge in [0.1, 0.15) is 0 Å². The highest BCUT2D eigenvalue weighted by molar-refractivity contribution is 7.99. The molecule has 7 heteroatoms. The van der Waals surface area contributed by atoms with Crippen molar-refractivity contribution in [1.82, 2.24) is 15.1 Å². The SMILES string of the molecule is CNCCC1CCN(C(=O)c2ccc(CN3CCSCC3)cc2)CC1.Cl.Cl. The van der Waals surface area contributed by atoms with Crippen LogP contribution in [0.1, 0.15) is 35.2 Å². The number of halogens is 2. The summed E-state index contributed by atoms with van der Waals surface area (Å²) in [7, 11) is 2.01. The van der Waals surface area contributed by atoms with Crippen molar-refractivity contribution in [2.75, 3.05) is 51.3 Å². The van der Waals surface area contributed by atoms with Gasteiger partial charge in [-0.25, -0.2) is 0 Å². The highest BCUT2D eigenvalue weighted by Crippen LogP contribution is 2.22. The van der Waals surface area contributed by atoms with Crippen LogP contribution < -0.4 is 5.32 Å². The van der Waals surface area contributed by atoms with Crippen LogP contribution in [0.2, 0.25) is 0 Å². The molecule has 2 fully saturated rings. The van der Waals surface area contributed by atoms with Crippen molar-refractivity contribution in [2.24, 2.45) is 5.92 Å². The third-order valence-electron chi connectivity index (χ3n) is 5.42. The first-order valence-corrected chi connectivity index (χ1v) is 10.7. The largest absolute Gasteiger partial charge is 0.339 e. The van der Waals surface area contributed by atoms with Crippen molar-refractivity contribution in [2.45, 2.75) is 25.8 Å². The first kappa shape index (κ1) is 24.6. The van der Waals surface area contributed by atoms with Crippen LogP contribution in [0.25, 0.3) is 0 Å². The molecule has 154 valence electrons. The van der Waals surface area contributed by atoms with Gasteiger partial charge in [-0.1, -0.05) is 12.1 Å². The molecule has 2 aliphatic heterocycles. The number of rotatable bonds is 6. The quantitative estimate of drug-likeness (QED) is 0.743. The number of nitrogens with one attached hydrogen (secondary N) is 1. The molecule has 1 N–H and O–H groups in total. The normalized spacial score (nSPS) is 18.5. The molecule has 0 spiro atoms. The predicted molar refractivity (Wildman–Crippen MR) is 121 cm³/mol. The Morgan fingerprint density at radius 3 is 2.30 bits per heavy atom. The van der Waals surface area contributed by atoms with Crippen LogP contribution in [0.15, 0.2) is 24.3 Å². The van der Waals surface area contributed by atoms with E-state index >= 15 is 0 Å². The molecule has 0 unspecified atom stereocenters. The second kappa shape index (κ2) is 12.9. The van der Waals surface area contributed by atoms with E-state index in [1.165, 1.54) is 36.6 Å². The summed E-state index contributed by atoms with van der Waals surface area (Å²) >= 11 is 2.04. The summed E-state index contributed by atoms with van der Waals surface area (Å²) in [5.41, 5.74) is 2.15. The molecule has 0 aliphatic carbocycles. The minimum atomic E-state index is 0. The smallest absolute Gasteiger partial charge is 0.253 e. The molecule has 2 saturated heterocycles. The number of thioether (sulfide) groups is 1. The summed E-state index contributed by atoms with van der Waals surface area (Å²) in [6.45, 7) is 6.24. The lowest BCUT2D eigenvalue weighted by molar-refractivity contribution is 0.0687. The molecule has 0 atom stereocenters. The minimum absolute atomic E-state index is 0. The van der Waals surface area contributed by atoms with Gasteiger partial charge in [0, 0.05) is 49.8 Å². The summed E-state index contributed by atoms with van der Waals surface area (Å²) < 4.78 is 0. The van der Waals surface area contributed by atoms with Gasteiger partial charge in [-0.2, -0.15) is 11.8 Å². The average molecular weight is 434 g/mol. The van der Waals surface area contributed by atoms with Crippen molar-refractivity contribution < 1.29 is 4.79 Å². The lowest BCUT2D eigenvalue weighted by Crippen LogP contribution is -2.39. The molecule has 0 saturated carbocycles. The zero-order valence-corrected chi connectivity index (χ0v) is 18.6. The number of carbonyl (C=O) groups is 1. The van der Waals surface area contributed by atoms with E-state index in [2.05, 4.69) is 22.3 Å². The zero-order valence-electron chi connectivity index (χ0n) is 16.2. The Morgan fingerprint density at radius 2 is 1.70 bits per heavy atom. The number of nitrogens with zero attached hydrogens (tertiary/aromatic N) is 2. The molecule has 0 aromatic heterocycles. The van der Waals surface area contributed by atoms with Gasteiger partial charge in [0.05, 0.1) is 0 Å². The van der Waals surface area contributed by atoms with E-state index in [-0.39, 0.29) is 30.7 Å². The predicted octanol–water partition coefficient (Wildman–Crippen LogP) is 3.54. The maximum atomic E-state index is 12.7. The average Bonchev–Trinajstić information content (AvgIpc) is 2.68. The number of benzene rings is 1. The molecule has 0 radical (unpaired) electrons. The number of piperidine rings is 1. The van der Waals surface area contributed by atoms with Gasteiger partial charge >= 0.3 is 0 Å². The highest BCUT2D eigenvalue weighted by atomic mass is 35.5. The van der Waals surface area contributed by atoms with E-state index in [9.17, 15) is 4.79 Å². The van der Waals surface area contributed by atoms with Crippen molar-refractivity contribution in [3.05, 3.63) is 35.4 Å². The van der Waals surface area contributed by atoms with E-state index < -0.39 is 0 Å². The topological polar surface area (TPSA) is 35.6 Å². The second-order valence-corrected chi connectivity index (χ2v) is 8.44. The molecular weight excluding hydrogens is 401 g/mol. The fraction of sp³-hybridized carbons (Fsp3) is 0.650. The van der Waals surface area contributed by atoms with Gasteiger partial charge in [0.2, 0.25) is 0 Å². The third-order valence-corrected chi connectivity index (χ3v) is 6.36. The zero-order chi connectivity index (χ0) is 17.5. The van der Waals surface area contributed by atoms with E-state index in [4.69, 9.17) is 0 Å². The first-order chi connectivity index (χ1) is 12.3. The van der Waals surface area contributed by atoms with Crippen molar-refractivity contribution >= 4 is 42.5 Å². The monoisotopic (exact) mass is 433 g/mol. The highest BCUT2D eigenvalue weighted by Gasteiger charge is 2.23. The number of hydrogen-bond donors (Lipinski definition) is 1. The first-order valence-electron chi connectivity index (χ1n) is 9.59. The van der Waals surface area contributed by atoms with E-state index in [1.54, 1.807) is 0 Å². The molecule has 0 bridgehead atoms. The molecule has 2 aliphatic rings. The summed E-state index contributed by atoms with van der Waals surface area (Å²) in [6.07, 6.45) is 3.50. The maximum Gasteiger partial charge on any atom is 0.253 e. The number of carbonyl (C=O) groups excluding carboxylic acids is 1. The van der Waals surface area contributed by atoms with E-state index in [0.717, 1.165) is 50.5 Å². The Labute approximate surface area is 180 Å². The fourth-order valence-electron chi connectivity index (χ4n) is 3.73. The van der Waals surface area contributed by atoms with Gasteiger partial charge in [0.25, 0.3) is 5.91 Å². The summed E-state index contributed by atoms with van der Waals surface area (Å²) in [5, 5.41) is 3.22. The molecule has 2 heterocycles. The molecule has 1 aromatic carbocycles. The van der Waals surface area contributed by atoms with Gasteiger partial charge in [0.15, 0.2) is 0 Å². The summed E-state index contributed by atoms with van der Waals surface area (Å²) in [4.78, 5) is 17.3. The molecule has 1 amide bonds. The van der Waals surface area contributed by atoms with E-state index in [0.29, 0.717) is 0 Å². The van der Waals surface area contributed by atoms with Crippen LogP contribution in [0, 0.1) is 5.92 Å². The Hall–Kier alpha value is -0.460. The Bertz CT molecular complexity index is 545. The van der Waals surface area contributed by atoms with Crippen LogP contribution in [-0.4, -0.2) is 67.0 Å². The molecule has 27 heavy (non-hydrogen) atoms. The lowest BCUT2D eigenvalue weighted by Gasteiger charge is -2.32. The van der Waals surface area contributed by atoms with Crippen LogP contribution in [-0.2, 0) is 6.54 Å².